The Morgan fingerprint density at radius 2 is 1.89 bits per heavy atom. The maximum Gasteiger partial charge on any atom is 0.416 e. The first-order valence-electron chi connectivity index (χ1n) is 10.4. The number of nitriles is 1. The number of pyridine rings is 1. The third-order valence-electron chi connectivity index (χ3n) is 5.25. The molecule has 9 nitrogen and oxygen atoms in total. The first-order valence-corrected chi connectivity index (χ1v) is 12.0. The molecule has 1 fully saturated rings. The van der Waals surface area contributed by atoms with E-state index in [-0.39, 0.29) is 42.2 Å². The molecule has 1 saturated heterocycles. The van der Waals surface area contributed by atoms with Crippen molar-refractivity contribution in [3.8, 4) is 6.07 Å². The van der Waals surface area contributed by atoms with Crippen molar-refractivity contribution >= 4 is 27.7 Å². The van der Waals surface area contributed by atoms with Gasteiger partial charge >= 0.3 is 12.1 Å². The first-order chi connectivity index (χ1) is 16.3. The van der Waals surface area contributed by atoms with Gasteiger partial charge in [-0.25, -0.2) is 18.2 Å². The number of hydrogen-bond acceptors (Lipinski definition) is 8. The van der Waals surface area contributed by atoms with Gasteiger partial charge in [0.1, 0.15) is 11.9 Å². The molecule has 0 bridgehead atoms. The molecule has 1 aliphatic rings. The Balaban J connectivity index is 1.63. The number of ether oxygens (including phenoxy) is 1. The highest BCUT2D eigenvalue weighted by molar-refractivity contribution is 7.89. The lowest BCUT2D eigenvalue weighted by Crippen LogP contribution is -2.55. The number of carbonyl (C=O) groups is 2. The van der Waals surface area contributed by atoms with Gasteiger partial charge in [-0.2, -0.15) is 18.4 Å². The van der Waals surface area contributed by atoms with Crippen LogP contribution >= 0.6 is 0 Å². The van der Waals surface area contributed by atoms with Crippen molar-refractivity contribution in [3.05, 3.63) is 58.3 Å². The molecule has 1 aromatic heterocycles. The molecule has 0 radical (unpaired) electrons. The van der Waals surface area contributed by atoms with E-state index < -0.39 is 45.3 Å². The fourth-order valence-electron chi connectivity index (χ4n) is 3.43. The summed E-state index contributed by atoms with van der Waals surface area (Å²) in [6, 6.07) is 6.92. The van der Waals surface area contributed by atoms with Gasteiger partial charge in [-0.05, 0) is 37.6 Å². The number of benzene rings is 1. The lowest BCUT2D eigenvalue weighted by atomic mass is 9.98. The van der Waals surface area contributed by atoms with E-state index in [1.807, 2.05) is 10.8 Å². The SMILES string of the molecule is CCOC(=O)c1cc(C#N)c(N2CC(C(=O)NS(=O)(=O)Cc3ccc(C(F)(F)F)cc3)C2)nc1C. The molecule has 35 heavy (non-hydrogen) atoms. The van der Waals surface area contributed by atoms with E-state index in [9.17, 15) is 36.4 Å². The Labute approximate surface area is 199 Å². The molecular formula is C22H21F3N4O5S. The van der Waals surface area contributed by atoms with Crippen LogP contribution in [0.15, 0.2) is 30.3 Å². The van der Waals surface area contributed by atoms with Crippen LogP contribution in [0.1, 0.15) is 39.7 Å². The summed E-state index contributed by atoms with van der Waals surface area (Å²) < 4.78 is 69.5. The average molecular weight is 510 g/mol. The predicted molar refractivity (Wildman–Crippen MR) is 118 cm³/mol. The number of amides is 1. The van der Waals surface area contributed by atoms with Crippen LogP contribution in [0.5, 0.6) is 0 Å². The van der Waals surface area contributed by atoms with E-state index in [0.29, 0.717) is 5.69 Å². The number of alkyl halides is 3. The Morgan fingerprint density at radius 3 is 2.43 bits per heavy atom. The van der Waals surface area contributed by atoms with Gasteiger partial charge < -0.3 is 9.64 Å². The van der Waals surface area contributed by atoms with Gasteiger partial charge in [0.25, 0.3) is 0 Å². The molecule has 1 aromatic carbocycles. The van der Waals surface area contributed by atoms with Crippen molar-refractivity contribution in [1.82, 2.24) is 9.71 Å². The van der Waals surface area contributed by atoms with E-state index in [2.05, 4.69) is 4.98 Å². The number of hydrogen-bond donors (Lipinski definition) is 1. The predicted octanol–water partition coefficient (Wildman–Crippen LogP) is 2.54. The number of esters is 1. The Morgan fingerprint density at radius 1 is 1.26 bits per heavy atom. The molecule has 186 valence electrons. The van der Waals surface area contributed by atoms with Crippen LogP contribution in [0, 0.1) is 24.2 Å². The van der Waals surface area contributed by atoms with Gasteiger partial charge in [0.05, 0.1) is 40.7 Å². The van der Waals surface area contributed by atoms with Crippen molar-refractivity contribution in [1.29, 1.82) is 5.26 Å². The zero-order valence-corrected chi connectivity index (χ0v) is 19.5. The van der Waals surface area contributed by atoms with Crippen molar-refractivity contribution < 1.29 is 35.9 Å². The number of aryl methyl sites for hydroxylation is 1. The van der Waals surface area contributed by atoms with Crippen LogP contribution in [0.3, 0.4) is 0 Å². The largest absolute Gasteiger partial charge is 0.462 e. The van der Waals surface area contributed by atoms with Gasteiger partial charge in [0, 0.05) is 13.1 Å². The molecule has 1 aliphatic heterocycles. The van der Waals surface area contributed by atoms with Crippen LogP contribution in [0.4, 0.5) is 19.0 Å². The second-order valence-corrected chi connectivity index (χ2v) is 9.57. The number of anilines is 1. The van der Waals surface area contributed by atoms with E-state index in [1.165, 1.54) is 6.07 Å². The normalized spacial score (nSPS) is 14.1. The topological polar surface area (TPSA) is 129 Å². The quantitative estimate of drug-likeness (QED) is 0.563. The molecule has 0 unspecified atom stereocenters. The smallest absolute Gasteiger partial charge is 0.416 e. The molecule has 0 spiro atoms. The number of rotatable bonds is 7. The number of nitrogens with zero attached hydrogens (tertiary/aromatic N) is 3. The Kier molecular flexibility index (Phi) is 7.35. The second-order valence-electron chi connectivity index (χ2n) is 7.85. The zero-order valence-electron chi connectivity index (χ0n) is 18.7. The monoisotopic (exact) mass is 510 g/mol. The molecule has 0 saturated carbocycles. The fourth-order valence-corrected chi connectivity index (χ4v) is 4.61. The summed E-state index contributed by atoms with van der Waals surface area (Å²) in [5.41, 5.74) is -0.227. The Hall–Kier alpha value is -3.66. The fraction of sp³-hybridized carbons (Fsp3) is 0.364. The van der Waals surface area contributed by atoms with Crippen molar-refractivity contribution in [3.63, 3.8) is 0 Å². The number of sulfonamides is 1. The minimum atomic E-state index is -4.54. The highest BCUT2D eigenvalue weighted by atomic mass is 32.2. The molecule has 0 atom stereocenters. The van der Waals surface area contributed by atoms with Crippen molar-refractivity contribution in [2.45, 2.75) is 25.8 Å². The summed E-state index contributed by atoms with van der Waals surface area (Å²) in [5.74, 6) is -2.50. The highest BCUT2D eigenvalue weighted by Crippen LogP contribution is 2.30. The van der Waals surface area contributed by atoms with Gasteiger partial charge in [0.15, 0.2) is 0 Å². The Bertz CT molecular complexity index is 1280. The molecule has 13 heteroatoms. The summed E-state index contributed by atoms with van der Waals surface area (Å²) in [6.45, 7) is 3.56. The number of halogens is 3. The van der Waals surface area contributed by atoms with Crippen LogP contribution in [0.25, 0.3) is 0 Å². The highest BCUT2D eigenvalue weighted by Gasteiger charge is 2.37. The van der Waals surface area contributed by atoms with Gasteiger partial charge in [-0.1, -0.05) is 12.1 Å². The summed E-state index contributed by atoms with van der Waals surface area (Å²) in [4.78, 5) is 30.3. The minimum Gasteiger partial charge on any atom is -0.462 e. The zero-order chi connectivity index (χ0) is 26.0. The number of nitrogens with one attached hydrogen (secondary N) is 1. The molecule has 0 aliphatic carbocycles. The summed E-state index contributed by atoms with van der Waals surface area (Å²) in [5, 5.41) is 9.45. The number of aromatic nitrogens is 1. The average Bonchev–Trinajstić information content (AvgIpc) is 2.72. The molecule has 2 heterocycles. The molecule has 3 rings (SSSR count). The third-order valence-corrected chi connectivity index (χ3v) is 6.48. The maximum absolute atomic E-state index is 12.7. The number of carbonyl (C=O) groups excluding carboxylic acids is 2. The van der Waals surface area contributed by atoms with E-state index in [4.69, 9.17) is 4.74 Å². The van der Waals surface area contributed by atoms with Crippen molar-refractivity contribution in [2.24, 2.45) is 5.92 Å². The van der Waals surface area contributed by atoms with Crippen LogP contribution in [-0.2, 0) is 31.5 Å². The minimum absolute atomic E-state index is 0.0848. The van der Waals surface area contributed by atoms with Gasteiger partial charge in [0.2, 0.25) is 15.9 Å². The first kappa shape index (κ1) is 26.0. The summed E-state index contributed by atoms with van der Waals surface area (Å²) in [7, 11) is -4.14. The van der Waals surface area contributed by atoms with E-state index >= 15 is 0 Å². The van der Waals surface area contributed by atoms with E-state index in [0.717, 1.165) is 24.3 Å². The summed E-state index contributed by atoms with van der Waals surface area (Å²) >= 11 is 0. The standard InChI is InChI=1S/C22H21F3N4O5S/c1-3-34-21(31)18-8-15(9-26)19(27-13(18)2)29-10-16(11-29)20(30)28-35(32,33)12-14-4-6-17(7-5-14)22(23,24)25/h4-8,16H,3,10-12H2,1-2H3,(H,28,30). The van der Waals surface area contributed by atoms with Gasteiger partial charge in [-0.15, -0.1) is 0 Å². The molecule has 1 amide bonds. The van der Waals surface area contributed by atoms with Crippen LogP contribution in [0.2, 0.25) is 0 Å². The molecular weight excluding hydrogens is 489 g/mol. The maximum atomic E-state index is 12.7. The third kappa shape index (κ3) is 6.07. The summed E-state index contributed by atoms with van der Waals surface area (Å²) in [6.07, 6.45) is -4.54. The van der Waals surface area contributed by atoms with Crippen LogP contribution in [-0.4, -0.2) is 45.0 Å². The van der Waals surface area contributed by atoms with Gasteiger partial charge in [-0.3, -0.25) is 9.52 Å². The lowest BCUT2D eigenvalue weighted by molar-refractivity contribution is -0.137. The van der Waals surface area contributed by atoms with Crippen molar-refractivity contribution in [2.75, 3.05) is 24.6 Å². The molecule has 1 N–H and O–H groups in total. The lowest BCUT2D eigenvalue weighted by Gasteiger charge is -2.39. The molecule has 2 aromatic rings. The van der Waals surface area contributed by atoms with Crippen LogP contribution < -0.4 is 9.62 Å². The second kappa shape index (κ2) is 9.91. The van der Waals surface area contributed by atoms with E-state index in [1.54, 1.807) is 18.7 Å².